The molecule has 1 aliphatic carbocycles. The van der Waals surface area contributed by atoms with E-state index < -0.39 is 35.7 Å². The van der Waals surface area contributed by atoms with Crippen LogP contribution in [0.3, 0.4) is 0 Å². The van der Waals surface area contributed by atoms with E-state index in [1.165, 1.54) is 31.2 Å². The quantitative estimate of drug-likeness (QED) is 0.149. The number of hydrogen-bond donors (Lipinski definition) is 6. The number of nitrogens with one attached hydrogen (secondary N) is 4. The van der Waals surface area contributed by atoms with E-state index in [1.54, 1.807) is 26.0 Å². The summed E-state index contributed by atoms with van der Waals surface area (Å²) in [6.07, 6.45) is 5.18. The molecular weight excluding hydrogens is 697 g/mol. The van der Waals surface area contributed by atoms with Gasteiger partial charge in [0, 0.05) is 17.5 Å². The molecule has 4 bridgehead atoms. The molecule has 1 aromatic heterocycles. The first kappa shape index (κ1) is 38.8. The van der Waals surface area contributed by atoms with E-state index in [0.717, 1.165) is 5.56 Å². The molecule has 286 valence electrons. The second-order valence-electron chi connectivity index (χ2n) is 14.5. The summed E-state index contributed by atoms with van der Waals surface area (Å²) in [5.41, 5.74) is 18.9. The minimum atomic E-state index is -1.04. The third kappa shape index (κ3) is 9.23. The van der Waals surface area contributed by atoms with Gasteiger partial charge in [-0.25, -0.2) is 9.97 Å². The van der Waals surface area contributed by atoms with E-state index in [4.69, 9.17) is 11.5 Å². The maximum absolute atomic E-state index is 14.1. The first-order valence-electron chi connectivity index (χ1n) is 18.8. The van der Waals surface area contributed by atoms with Crippen molar-refractivity contribution in [3.63, 3.8) is 0 Å². The van der Waals surface area contributed by atoms with Crippen molar-refractivity contribution in [1.29, 1.82) is 0 Å². The molecule has 6 rings (SSSR count). The van der Waals surface area contributed by atoms with Gasteiger partial charge in [-0.3, -0.25) is 24.0 Å². The highest BCUT2D eigenvalue weighted by molar-refractivity contribution is 6.04. The summed E-state index contributed by atoms with van der Waals surface area (Å²) in [5.74, 6) is -1.52. The van der Waals surface area contributed by atoms with Gasteiger partial charge in [-0.05, 0) is 86.4 Å². The predicted octanol–water partition coefficient (Wildman–Crippen LogP) is 3.66. The number of nitrogens with two attached hydrogens (primary N) is 2. The Kier molecular flexibility index (Phi) is 12.0. The zero-order valence-corrected chi connectivity index (χ0v) is 31.5. The summed E-state index contributed by atoms with van der Waals surface area (Å²) >= 11 is 0. The Hall–Kier alpha value is -5.95. The first-order chi connectivity index (χ1) is 26.4. The number of nitrogens with zero attached hydrogens (tertiary/aromatic N) is 2. The lowest BCUT2D eigenvalue weighted by Gasteiger charge is -2.23. The number of benzene rings is 3. The van der Waals surface area contributed by atoms with Crippen molar-refractivity contribution < 1.29 is 24.0 Å². The van der Waals surface area contributed by atoms with E-state index in [0.29, 0.717) is 56.6 Å². The van der Waals surface area contributed by atoms with Crippen LogP contribution in [0.25, 0.3) is 22.5 Å². The lowest BCUT2D eigenvalue weighted by molar-refractivity contribution is -0.128. The van der Waals surface area contributed by atoms with Crippen LogP contribution in [0.4, 0.5) is 5.69 Å². The normalized spacial score (nSPS) is 16.7. The van der Waals surface area contributed by atoms with Crippen molar-refractivity contribution in [3.05, 3.63) is 99.9 Å². The molecular formula is C42H48N8O5. The molecule has 8 N–H and O–H groups in total. The van der Waals surface area contributed by atoms with Crippen molar-refractivity contribution in [3.8, 4) is 22.5 Å². The summed E-state index contributed by atoms with van der Waals surface area (Å²) in [6, 6.07) is 17.2. The average molecular weight is 745 g/mol. The number of primary amides is 1. The monoisotopic (exact) mass is 744 g/mol. The van der Waals surface area contributed by atoms with Gasteiger partial charge in [0.25, 0.3) is 5.91 Å². The van der Waals surface area contributed by atoms with Gasteiger partial charge in [-0.15, -0.1) is 0 Å². The highest BCUT2D eigenvalue weighted by atomic mass is 16.2. The number of hydrogen-bond acceptors (Lipinski definition) is 8. The molecule has 0 saturated heterocycles. The summed E-state index contributed by atoms with van der Waals surface area (Å²) < 4.78 is 0. The number of carbonyl (C=O) groups excluding carboxylic acids is 5. The Bertz CT molecular complexity index is 2100. The molecule has 4 aromatic rings. The van der Waals surface area contributed by atoms with E-state index in [1.807, 2.05) is 43.3 Å². The zero-order valence-electron chi connectivity index (χ0n) is 31.5. The molecule has 2 aliphatic rings. The fourth-order valence-electron chi connectivity index (χ4n) is 7.57. The Morgan fingerprint density at radius 2 is 1.60 bits per heavy atom. The standard InChI is InChI=1S/C42H48N8O5/c1-23-17-27-19-32(31-10-6-7-26(18-31)21-35(51)45-22-36(52)48-34(20-27)39(44)53)38(23)50-41(54)33(15-16-43)49-42(55)37-24(2)46-40(47-25(37)3)30-13-11-29(12-14-30)28-8-4-5-9-28/h6-7,10-14,17-19,28,33-34H,4-5,8-9,15-16,20-22,43H2,1-3H3,(H2,44,53)(H,45,51)(H,48,52)(H,49,55)(H,50,54)/t33-,34?/m0/s1. The van der Waals surface area contributed by atoms with Crippen LogP contribution in [0.5, 0.6) is 0 Å². The molecule has 13 nitrogen and oxygen atoms in total. The Morgan fingerprint density at radius 1 is 0.891 bits per heavy atom. The summed E-state index contributed by atoms with van der Waals surface area (Å²) in [6.45, 7) is 5.14. The van der Waals surface area contributed by atoms with Gasteiger partial charge in [0.05, 0.1) is 35.6 Å². The van der Waals surface area contributed by atoms with Crippen molar-refractivity contribution >= 4 is 35.2 Å². The van der Waals surface area contributed by atoms with Crippen LogP contribution in [0.15, 0.2) is 60.7 Å². The largest absolute Gasteiger partial charge is 0.368 e. The predicted molar refractivity (Wildman–Crippen MR) is 210 cm³/mol. The molecule has 1 fully saturated rings. The summed E-state index contributed by atoms with van der Waals surface area (Å²) in [7, 11) is 0. The van der Waals surface area contributed by atoms with Crippen LogP contribution in [-0.2, 0) is 32.0 Å². The lowest BCUT2D eigenvalue weighted by Crippen LogP contribution is -2.49. The average Bonchev–Trinajstić information content (AvgIpc) is 3.69. The van der Waals surface area contributed by atoms with E-state index in [9.17, 15) is 24.0 Å². The smallest absolute Gasteiger partial charge is 0.255 e. The van der Waals surface area contributed by atoms with Gasteiger partial charge in [0.15, 0.2) is 5.82 Å². The van der Waals surface area contributed by atoms with Gasteiger partial charge < -0.3 is 32.7 Å². The molecule has 2 heterocycles. The summed E-state index contributed by atoms with van der Waals surface area (Å²) in [5, 5.41) is 11.1. The minimum absolute atomic E-state index is 0.00155. The van der Waals surface area contributed by atoms with Gasteiger partial charge in [0.2, 0.25) is 23.6 Å². The number of fused-ring (bicyclic) bond motifs is 5. The van der Waals surface area contributed by atoms with Crippen molar-refractivity contribution in [2.45, 2.75) is 83.7 Å². The van der Waals surface area contributed by atoms with Crippen LogP contribution in [0.2, 0.25) is 0 Å². The molecule has 0 radical (unpaired) electrons. The van der Waals surface area contributed by atoms with Crippen LogP contribution < -0.4 is 32.7 Å². The van der Waals surface area contributed by atoms with Crippen LogP contribution in [0.1, 0.15) is 82.0 Å². The number of amides is 5. The number of rotatable bonds is 9. The van der Waals surface area contributed by atoms with Gasteiger partial charge in [-0.2, -0.15) is 0 Å². The fourth-order valence-corrected chi connectivity index (χ4v) is 7.57. The minimum Gasteiger partial charge on any atom is -0.368 e. The number of aryl methyl sites for hydroxylation is 3. The molecule has 1 unspecified atom stereocenters. The highest BCUT2D eigenvalue weighted by Crippen LogP contribution is 2.36. The zero-order chi connectivity index (χ0) is 39.2. The van der Waals surface area contributed by atoms with Gasteiger partial charge in [0.1, 0.15) is 12.1 Å². The van der Waals surface area contributed by atoms with Crippen LogP contribution in [0, 0.1) is 20.8 Å². The molecule has 0 spiro atoms. The highest BCUT2D eigenvalue weighted by Gasteiger charge is 2.27. The van der Waals surface area contributed by atoms with E-state index in [2.05, 4.69) is 43.4 Å². The fraction of sp³-hybridized carbons (Fsp3) is 0.357. The molecule has 5 amide bonds. The second kappa shape index (κ2) is 17.0. The van der Waals surface area contributed by atoms with E-state index in [-0.39, 0.29) is 43.8 Å². The van der Waals surface area contributed by atoms with Gasteiger partial charge in [-0.1, -0.05) is 67.4 Å². The van der Waals surface area contributed by atoms with Gasteiger partial charge >= 0.3 is 0 Å². The lowest BCUT2D eigenvalue weighted by atomic mass is 9.93. The van der Waals surface area contributed by atoms with Crippen molar-refractivity contribution in [2.24, 2.45) is 11.5 Å². The van der Waals surface area contributed by atoms with Crippen molar-refractivity contribution in [2.75, 3.05) is 18.4 Å². The Morgan fingerprint density at radius 3 is 2.27 bits per heavy atom. The van der Waals surface area contributed by atoms with Crippen LogP contribution >= 0.6 is 0 Å². The summed E-state index contributed by atoms with van der Waals surface area (Å²) in [4.78, 5) is 74.8. The van der Waals surface area contributed by atoms with Crippen LogP contribution in [-0.4, -0.2) is 64.7 Å². The third-order valence-electron chi connectivity index (χ3n) is 10.4. The maximum Gasteiger partial charge on any atom is 0.255 e. The number of aromatic nitrogens is 2. The topological polar surface area (TPSA) is 211 Å². The maximum atomic E-state index is 14.1. The molecule has 1 aliphatic heterocycles. The third-order valence-corrected chi connectivity index (χ3v) is 10.4. The molecule has 3 aromatic carbocycles. The SMILES string of the molecule is Cc1cc2cc(c1NC(=O)[C@H](CCN)NC(=O)c1c(C)nc(-c3ccc(C4CCCC4)cc3)nc1C)-c1cccc(c1)CC(=O)NCC(=O)NC(C(N)=O)C2. The Labute approximate surface area is 320 Å². The second-order valence-corrected chi connectivity index (χ2v) is 14.5. The first-order valence-corrected chi connectivity index (χ1v) is 18.8. The van der Waals surface area contributed by atoms with Crippen molar-refractivity contribution in [1.82, 2.24) is 25.9 Å². The molecule has 1 saturated carbocycles. The Balaban J connectivity index is 1.26. The molecule has 13 heteroatoms. The molecule has 55 heavy (non-hydrogen) atoms. The number of anilines is 1. The number of carbonyl (C=O) groups is 5. The van der Waals surface area contributed by atoms with E-state index >= 15 is 0 Å². The molecule has 2 atom stereocenters.